The molecule has 0 heterocycles. The number of nitrogens with one attached hydrogen (secondary N) is 1. The molecular formula is C17H18F3NO4S. The number of anilines is 1. The Labute approximate surface area is 149 Å². The maximum Gasteiger partial charge on any atom is 0.501 e. The first-order valence-electron chi connectivity index (χ1n) is 7.56. The van der Waals surface area contributed by atoms with Gasteiger partial charge in [-0.25, -0.2) is 8.42 Å². The SMILES string of the molecule is COc1ccc(CCNc2ccccc2S(=O)(=O)C(F)(F)F)cc1OC. The molecule has 0 aliphatic carbocycles. The van der Waals surface area contributed by atoms with Crippen molar-refractivity contribution in [1.29, 1.82) is 0 Å². The lowest BCUT2D eigenvalue weighted by molar-refractivity contribution is -0.0435. The molecule has 0 bridgehead atoms. The van der Waals surface area contributed by atoms with Crippen LogP contribution in [0.5, 0.6) is 11.5 Å². The molecular weight excluding hydrogens is 371 g/mol. The highest BCUT2D eigenvalue weighted by Crippen LogP contribution is 2.34. The number of benzene rings is 2. The number of methoxy groups -OCH3 is 2. The van der Waals surface area contributed by atoms with E-state index in [0.717, 1.165) is 11.6 Å². The van der Waals surface area contributed by atoms with Gasteiger partial charge in [0.2, 0.25) is 0 Å². The molecule has 26 heavy (non-hydrogen) atoms. The van der Waals surface area contributed by atoms with Crippen LogP contribution in [0.2, 0.25) is 0 Å². The Hall–Kier alpha value is -2.42. The Balaban J connectivity index is 2.15. The summed E-state index contributed by atoms with van der Waals surface area (Å²) in [5.41, 5.74) is -4.59. The van der Waals surface area contributed by atoms with Crippen molar-refractivity contribution >= 4 is 15.5 Å². The highest BCUT2D eigenvalue weighted by molar-refractivity contribution is 7.92. The minimum absolute atomic E-state index is 0.0923. The lowest BCUT2D eigenvalue weighted by atomic mass is 10.1. The summed E-state index contributed by atoms with van der Waals surface area (Å²) >= 11 is 0. The number of alkyl halides is 3. The first kappa shape index (κ1) is 19.9. The minimum atomic E-state index is -5.42. The van der Waals surface area contributed by atoms with Crippen molar-refractivity contribution in [3.05, 3.63) is 48.0 Å². The van der Waals surface area contributed by atoms with Crippen molar-refractivity contribution in [2.24, 2.45) is 0 Å². The van der Waals surface area contributed by atoms with E-state index in [9.17, 15) is 21.6 Å². The van der Waals surface area contributed by atoms with Gasteiger partial charge in [0.1, 0.15) is 0 Å². The van der Waals surface area contributed by atoms with Gasteiger partial charge in [-0.15, -0.1) is 0 Å². The normalized spacial score (nSPS) is 11.9. The standard InChI is InChI=1S/C17H18F3NO4S/c1-24-14-8-7-12(11-15(14)25-2)9-10-21-13-5-3-4-6-16(13)26(22,23)17(18,19)20/h3-8,11,21H,9-10H2,1-2H3. The molecule has 0 saturated heterocycles. The van der Waals surface area contributed by atoms with Gasteiger partial charge in [-0.1, -0.05) is 18.2 Å². The van der Waals surface area contributed by atoms with Crippen LogP contribution in [0, 0.1) is 0 Å². The summed E-state index contributed by atoms with van der Waals surface area (Å²) < 4.78 is 72.1. The zero-order valence-electron chi connectivity index (χ0n) is 14.1. The fourth-order valence-corrected chi connectivity index (χ4v) is 3.29. The van der Waals surface area contributed by atoms with Gasteiger partial charge in [-0.3, -0.25) is 0 Å². The van der Waals surface area contributed by atoms with E-state index in [4.69, 9.17) is 9.47 Å². The average Bonchev–Trinajstić information content (AvgIpc) is 2.61. The van der Waals surface area contributed by atoms with Crippen LogP contribution in [0.4, 0.5) is 18.9 Å². The third-order valence-electron chi connectivity index (χ3n) is 3.66. The van der Waals surface area contributed by atoms with Crippen molar-refractivity contribution in [3.8, 4) is 11.5 Å². The molecule has 2 rings (SSSR count). The van der Waals surface area contributed by atoms with Crippen LogP contribution >= 0.6 is 0 Å². The Bertz CT molecular complexity index is 867. The second kappa shape index (κ2) is 7.86. The Morgan fingerprint density at radius 2 is 1.65 bits per heavy atom. The second-order valence-corrected chi connectivity index (χ2v) is 7.22. The number of hydrogen-bond donors (Lipinski definition) is 1. The quantitative estimate of drug-likeness (QED) is 0.783. The summed E-state index contributed by atoms with van der Waals surface area (Å²) in [6.45, 7) is 0.236. The molecule has 0 spiro atoms. The predicted molar refractivity (Wildman–Crippen MR) is 91.4 cm³/mol. The van der Waals surface area contributed by atoms with Crippen LogP contribution in [0.15, 0.2) is 47.4 Å². The molecule has 0 atom stereocenters. The number of para-hydroxylation sites is 1. The summed E-state index contributed by atoms with van der Waals surface area (Å²) in [4.78, 5) is -0.792. The second-order valence-electron chi connectivity index (χ2n) is 5.31. The Kier molecular flexibility index (Phi) is 6.01. The average molecular weight is 389 g/mol. The van der Waals surface area contributed by atoms with Crippen LogP contribution in [0.3, 0.4) is 0 Å². The fourth-order valence-electron chi connectivity index (χ4n) is 2.35. The van der Waals surface area contributed by atoms with E-state index >= 15 is 0 Å². The van der Waals surface area contributed by atoms with Gasteiger partial charge in [0.15, 0.2) is 11.5 Å². The molecule has 0 aliphatic heterocycles. The first-order chi connectivity index (χ1) is 12.2. The molecule has 0 unspecified atom stereocenters. The highest BCUT2D eigenvalue weighted by atomic mass is 32.2. The van der Waals surface area contributed by atoms with Crippen LogP contribution < -0.4 is 14.8 Å². The molecule has 5 nitrogen and oxygen atoms in total. The summed E-state index contributed by atoms with van der Waals surface area (Å²) in [6, 6.07) is 10.2. The predicted octanol–water partition coefficient (Wildman–Crippen LogP) is 3.65. The van der Waals surface area contributed by atoms with Crippen LogP contribution in [-0.4, -0.2) is 34.7 Å². The van der Waals surface area contributed by atoms with E-state index in [1.807, 2.05) is 0 Å². The monoisotopic (exact) mass is 389 g/mol. The largest absolute Gasteiger partial charge is 0.501 e. The fraction of sp³-hybridized carbons (Fsp3) is 0.294. The third kappa shape index (κ3) is 4.21. The minimum Gasteiger partial charge on any atom is -0.493 e. The van der Waals surface area contributed by atoms with Crippen molar-refractivity contribution in [2.75, 3.05) is 26.1 Å². The molecule has 1 N–H and O–H groups in total. The molecule has 0 amide bonds. The Morgan fingerprint density at radius 1 is 1.00 bits per heavy atom. The molecule has 0 aliphatic rings. The van der Waals surface area contributed by atoms with E-state index in [1.54, 1.807) is 18.2 Å². The zero-order chi connectivity index (χ0) is 19.4. The van der Waals surface area contributed by atoms with Crippen LogP contribution in [-0.2, 0) is 16.3 Å². The third-order valence-corrected chi connectivity index (χ3v) is 5.20. The zero-order valence-corrected chi connectivity index (χ0v) is 14.9. The van der Waals surface area contributed by atoms with Gasteiger partial charge >= 0.3 is 5.51 Å². The molecule has 0 saturated carbocycles. The van der Waals surface area contributed by atoms with E-state index < -0.39 is 20.2 Å². The molecule has 0 radical (unpaired) electrons. The molecule has 0 aromatic heterocycles. The number of ether oxygens (including phenoxy) is 2. The number of rotatable bonds is 7. The van der Waals surface area contributed by atoms with Crippen molar-refractivity contribution in [2.45, 2.75) is 16.8 Å². The summed E-state index contributed by atoms with van der Waals surface area (Å²) in [7, 11) is -2.41. The smallest absolute Gasteiger partial charge is 0.493 e. The lowest BCUT2D eigenvalue weighted by Crippen LogP contribution is -2.24. The number of hydrogen-bond acceptors (Lipinski definition) is 5. The van der Waals surface area contributed by atoms with Crippen LogP contribution in [0.1, 0.15) is 5.56 Å². The van der Waals surface area contributed by atoms with Crippen molar-refractivity contribution in [3.63, 3.8) is 0 Å². The van der Waals surface area contributed by atoms with E-state index in [-0.39, 0.29) is 12.2 Å². The summed E-state index contributed by atoms with van der Waals surface area (Å²) in [6.07, 6.45) is 0.445. The maximum absolute atomic E-state index is 12.8. The molecule has 142 valence electrons. The lowest BCUT2D eigenvalue weighted by Gasteiger charge is -2.14. The van der Waals surface area contributed by atoms with E-state index in [1.165, 1.54) is 32.4 Å². The summed E-state index contributed by atoms with van der Waals surface area (Å²) in [5, 5.41) is 2.75. The number of sulfone groups is 1. The van der Waals surface area contributed by atoms with Gasteiger partial charge in [0.25, 0.3) is 9.84 Å². The van der Waals surface area contributed by atoms with Crippen molar-refractivity contribution in [1.82, 2.24) is 0 Å². The van der Waals surface area contributed by atoms with E-state index in [2.05, 4.69) is 5.32 Å². The van der Waals surface area contributed by atoms with Gasteiger partial charge in [-0.05, 0) is 36.2 Å². The van der Waals surface area contributed by atoms with Gasteiger partial charge in [0.05, 0.1) is 24.8 Å². The molecule has 0 fully saturated rings. The van der Waals surface area contributed by atoms with Crippen molar-refractivity contribution < 1.29 is 31.1 Å². The molecule has 2 aromatic rings. The van der Waals surface area contributed by atoms with Gasteiger partial charge in [0, 0.05) is 6.54 Å². The maximum atomic E-state index is 12.8. The Morgan fingerprint density at radius 3 is 2.27 bits per heavy atom. The first-order valence-corrected chi connectivity index (χ1v) is 9.04. The van der Waals surface area contributed by atoms with E-state index in [0.29, 0.717) is 17.9 Å². The number of halogens is 3. The molecule has 9 heteroatoms. The molecule has 2 aromatic carbocycles. The van der Waals surface area contributed by atoms with Crippen LogP contribution in [0.25, 0.3) is 0 Å². The highest BCUT2D eigenvalue weighted by Gasteiger charge is 2.47. The van der Waals surface area contributed by atoms with Gasteiger partial charge in [-0.2, -0.15) is 13.2 Å². The topological polar surface area (TPSA) is 64.6 Å². The van der Waals surface area contributed by atoms with Gasteiger partial charge < -0.3 is 14.8 Å². The summed E-state index contributed by atoms with van der Waals surface area (Å²) in [5.74, 6) is 1.09.